The van der Waals surface area contributed by atoms with Crippen LogP contribution in [0.1, 0.15) is 24.0 Å². The van der Waals surface area contributed by atoms with Gasteiger partial charge in [0.25, 0.3) is 5.91 Å². The molecule has 126 valence electrons. The third-order valence-corrected chi connectivity index (χ3v) is 5.16. The number of rotatable bonds is 5. The summed E-state index contributed by atoms with van der Waals surface area (Å²) in [6.45, 7) is 2.31. The number of benzene rings is 1. The molecule has 0 saturated carbocycles. The lowest BCUT2D eigenvalue weighted by molar-refractivity contribution is -0.110. The van der Waals surface area contributed by atoms with E-state index in [0.29, 0.717) is 23.6 Å². The van der Waals surface area contributed by atoms with Crippen LogP contribution in [0, 0.1) is 0 Å². The molecule has 6 nitrogen and oxygen atoms in total. The molecule has 1 amide bonds. The SMILES string of the molecule is CCN(Cc1ccc(/C=C2\C(=O)Nc3ccccc32)o1)S(C)(=O)=O. The highest BCUT2D eigenvalue weighted by atomic mass is 32.2. The van der Waals surface area contributed by atoms with Gasteiger partial charge in [0, 0.05) is 17.8 Å². The van der Waals surface area contributed by atoms with Crippen LogP contribution in [0.25, 0.3) is 11.6 Å². The maximum atomic E-state index is 12.1. The van der Waals surface area contributed by atoms with Crippen molar-refractivity contribution in [3.8, 4) is 0 Å². The molecule has 0 radical (unpaired) electrons. The van der Waals surface area contributed by atoms with Crippen molar-refractivity contribution in [2.24, 2.45) is 0 Å². The van der Waals surface area contributed by atoms with Gasteiger partial charge in [0.2, 0.25) is 10.0 Å². The minimum absolute atomic E-state index is 0.168. The number of furan rings is 1. The molecule has 0 spiro atoms. The number of anilines is 1. The Balaban J connectivity index is 1.86. The lowest BCUT2D eigenvalue weighted by atomic mass is 10.1. The molecular formula is C17H18N2O4S. The van der Waals surface area contributed by atoms with Crippen LogP contribution in [0.15, 0.2) is 40.8 Å². The number of fused-ring (bicyclic) bond motifs is 1. The van der Waals surface area contributed by atoms with Gasteiger partial charge in [0.05, 0.1) is 18.4 Å². The van der Waals surface area contributed by atoms with Crippen LogP contribution in [-0.2, 0) is 21.4 Å². The Bertz CT molecular complexity index is 912. The van der Waals surface area contributed by atoms with Gasteiger partial charge in [0.1, 0.15) is 11.5 Å². The number of sulfonamides is 1. The topological polar surface area (TPSA) is 79.6 Å². The second-order valence-electron chi connectivity index (χ2n) is 5.55. The van der Waals surface area contributed by atoms with Gasteiger partial charge in [-0.15, -0.1) is 0 Å². The Hall–Kier alpha value is -2.38. The summed E-state index contributed by atoms with van der Waals surface area (Å²) in [6.07, 6.45) is 2.84. The first-order chi connectivity index (χ1) is 11.4. The zero-order valence-corrected chi connectivity index (χ0v) is 14.3. The van der Waals surface area contributed by atoms with E-state index in [1.54, 1.807) is 25.1 Å². The van der Waals surface area contributed by atoms with Crippen molar-refractivity contribution < 1.29 is 17.6 Å². The Morgan fingerprint density at radius 2 is 1.96 bits per heavy atom. The zero-order valence-electron chi connectivity index (χ0n) is 13.4. The lowest BCUT2D eigenvalue weighted by Gasteiger charge is -2.15. The zero-order chi connectivity index (χ0) is 17.3. The molecule has 0 unspecified atom stereocenters. The summed E-state index contributed by atoms with van der Waals surface area (Å²) in [7, 11) is -3.28. The standard InChI is InChI=1S/C17H18N2O4S/c1-3-19(24(2,21)22)11-13-9-8-12(23-13)10-15-14-6-4-5-7-16(14)18-17(15)20/h4-10H,3,11H2,1-2H3,(H,18,20)/b15-10-. The Morgan fingerprint density at radius 3 is 2.67 bits per heavy atom. The van der Waals surface area contributed by atoms with E-state index in [9.17, 15) is 13.2 Å². The quantitative estimate of drug-likeness (QED) is 0.844. The molecule has 7 heteroatoms. The summed E-state index contributed by atoms with van der Waals surface area (Å²) in [4.78, 5) is 12.1. The van der Waals surface area contributed by atoms with Crippen molar-refractivity contribution in [2.45, 2.75) is 13.5 Å². The lowest BCUT2D eigenvalue weighted by Crippen LogP contribution is -2.28. The summed E-state index contributed by atoms with van der Waals surface area (Å²) < 4.78 is 30.3. The smallest absolute Gasteiger partial charge is 0.256 e. The number of hydrogen-bond donors (Lipinski definition) is 1. The molecule has 1 aliphatic rings. The van der Waals surface area contributed by atoms with Crippen LogP contribution >= 0.6 is 0 Å². The van der Waals surface area contributed by atoms with Gasteiger partial charge in [-0.25, -0.2) is 8.42 Å². The normalized spacial score (nSPS) is 15.8. The van der Waals surface area contributed by atoms with E-state index in [2.05, 4.69) is 5.32 Å². The highest BCUT2D eigenvalue weighted by Crippen LogP contribution is 2.32. The van der Waals surface area contributed by atoms with E-state index in [1.165, 1.54) is 10.6 Å². The van der Waals surface area contributed by atoms with Gasteiger partial charge in [0.15, 0.2) is 0 Å². The van der Waals surface area contributed by atoms with Crippen LogP contribution in [0.5, 0.6) is 0 Å². The highest BCUT2D eigenvalue weighted by molar-refractivity contribution is 7.88. The van der Waals surface area contributed by atoms with Gasteiger partial charge < -0.3 is 9.73 Å². The summed E-state index contributed by atoms with van der Waals surface area (Å²) in [5, 5.41) is 2.80. The van der Waals surface area contributed by atoms with Crippen molar-refractivity contribution in [3.05, 3.63) is 53.5 Å². The van der Waals surface area contributed by atoms with Gasteiger partial charge in [-0.3, -0.25) is 4.79 Å². The number of nitrogens with one attached hydrogen (secondary N) is 1. The Labute approximate surface area is 140 Å². The molecule has 0 bridgehead atoms. The predicted octanol–water partition coefficient (Wildman–Crippen LogP) is 2.55. The largest absolute Gasteiger partial charge is 0.460 e. The van der Waals surface area contributed by atoms with Crippen LogP contribution in [0.2, 0.25) is 0 Å². The number of hydrogen-bond acceptors (Lipinski definition) is 4. The number of nitrogens with zero attached hydrogens (tertiary/aromatic N) is 1. The first kappa shape index (κ1) is 16.5. The molecule has 1 aliphatic heterocycles. The van der Waals surface area contributed by atoms with Gasteiger partial charge >= 0.3 is 0 Å². The van der Waals surface area contributed by atoms with E-state index in [0.717, 1.165) is 11.3 Å². The highest BCUT2D eigenvalue weighted by Gasteiger charge is 2.24. The van der Waals surface area contributed by atoms with E-state index in [4.69, 9.17) is 4.42 Å². The molecule has 2 aromatic rings. The molecular weight excluding hydrogens is 328 g/mol. The summed E-state index contributed by atoms with van der Waals surface area (Å²) in [6, 6.07) is 10.9. The molecule has 2 heterocycles. The van der Waals surface area contributed by atoms with Crippen molar-refractivity contribution in [1.82, 2.24) is 4.31 Å². The second-order valence-corrected chi connectivity index (χ2v) is 7.53. The van der Waals surface area contributed by atoms with Crippen molar-refractivity contribution >= 4 is 33.3 Å². The fourth-order valence-electron chi connectivity index (χ4n) is 2.62. The van der Waals surface area contributed by atoms with Crippen LogP contribution in [-0.4, -0.2) is 31.4 Å². The molecule has 0 aliphatic carbocycles. The van der Waals surface area contributed by atoms with E-state index < -0.39 is 10.0 Å². The Morgan fingerprint density at radius 1 is 1.21 bits per heavy atom. The number of carbonyl (C=O) groups excluding carboxylic acids is 1. The van der Waals surface area contributed by atoms with Crippen molar-refractivity contribution in [1.29, 1.82) is 0 Å². The first-order valence-electron chi connectivity index (χ1n) is 7.55. The maximum absolute atomic E-state index is 12.1. The molecule has 0 saturated heterocycles. The predicted molar refractivity (Wildman–Crippen MR) is 92.6 cm³/mol. The third-order valence-electron chi connectivity index (χ3n) is 3.83. The third kappa shape index (κ3) is 3.27. The minimum atomic E-state index is -3.28. The van der Waals surface area contributed by atoms with E-state index in [-0.39, 0.29) is 12.5 Å². The summed E-state index contributed by atoms with van der Waals surface area (Å²) in [5.41, 5.74) is 2.13. The maximum Gasteiger partial charge on any atom is 0.256 e. The molecule has 1 aromatic carbocycles. The average Bonchev–Trinajstić information content (AvgIpc) is 3.09. The average molecular weight is 346 g/mol. The van der Waals surface area contributed by atoms with E-state index >= 15 is 0 Å². The second kappa shape index (κ2) is 6.26. The van der Waals surface area contributed by atoms with Crippen molar-refractivity contribution in [3.63, 3.8) is 0 Å². The molecule has 0 atom stereocenters. The van der Waals surface area contributed by atoms with Gasteiger partial charge in [-0.2, -0.15) is 4.31 Å². The van der Waals surface area contributed by atoms with Crippen LogP contribution < -0.4 is 5.32 Å². The number of para-hydroxylation sites is 1. The molecule has 1 aromatic heterocycles. The first-order valence-corrected chi connectivity index (χ1v) is 9.39. The molecule has 0 fully saturated rings. The molecule has 3 rings (SSSR count). The molecule has 24 heavy (non-hydrogen) atoms. The molecule has 1 N–H and O–H groups in total. The van der Waals surface area contributed by atoms with Crippen LogP contribution in [0.3, 0.4) is 0 Å². The van der Waals surface area contributed by atoms with E-state index in [1.807, 2.05) is 24.3 Å². The summed E-state index contributed by atoms with van der Waals surface area (Å²) >= 11 is 0. The van der Waals surface area contributed by atoms with Gasteiger partial charge in [-0.05, 0) is 24.3 Å². The van der Waals surface area contributed by atoms with Gasteiger partial charge in [-0.1, -0.05) is 25.1 Å². The minimum Gasteiger partial charge on any atom is -0.460 e. The number of amides is 1. The monoisotopic (exact) mass is 346 g/mol. The fraction of sp³-hybridized carbons (Fsp3) is 0.235. The Kier molecular flexibility index (Phi) is 4.29. The number of carbonyl (C=O) groups is 1. The summed E-state index contributed by atoms with van der Waals surface area (Å²) in [5.74, 6) is 0.859. The van der Waals surface area contributed by atoms with Crippen LogP contribution in [0.4, 0.5) is 5.69 Å². The fourth-order valence-corrected chi connectivity index (χ4v) is 3.45. The van der Waals surface area contributed by atoms with Crippen molar-refractivity contribution in [2.75, 3.05) is 18.1 Å².